The van der Waals surface area contributed by atoms with Crippen LogP contribution in [0.2, 0.25) is 0 Å². The molecule has 1 aromatic rings. The van der Waals surface area contributed by atoms with E-state index in [9.17, 15) is 0 Å². The lowest BCUT2D eigenvalue weighted by Crippen LogP contribution is -2.46. The van der Waals surface area contributed by atoms with Crippen molar-refractivity contribution in [1.29, 1.82) is 0 Å². The Labute approximate surface area is 157 Å². The summed E-state index contributed by atoms with van der Waals surface area (Å²) in [7, 11) is 1.86. The van der Waals surface area contributed by atoms with Gasteiger partial charge in [-0.15, -0.1) is 0 Å². The van der Waals surface area contributed by atoms with E-state index in [1.165, 1.54) is 18.4 Å². The van der Waals surface area contributed by atoms with Crippen molar-refractivity contribution in [2.75, 3.05) is 38.1 Å². The molecule has 1 aromatic heterocycles. The minimum absolute atomic E-state index is 0.248. The Hall–Kier alpha value is -1.82. The van der Waals surface area contributed by atoms with E-state index in [0.717, 1.165) is 50.4 Å². The maximum atomic E-state index is 5.81. The predicted octanol–water partition coefficient (Wildman–Crippen LogP) is 2.50. The Bertz CT molecular complexity index is 585. The fourth-order valence-corrected chi connectivity index (χ4v) is 3.81. The quantitative estimate of drug-likeness (QED) is 0.664. The Morgan fingerprint density at radius 3 is 2.46 bits per heavy atom. The number of likely N-dealkylation sites (tertiary alicyclic amines) is 1. The molecule has 0 radical (unpaired) electrons. The second-order valence-electron chi connectivity index (χ2n) is 7.76. The average molecular weight is 360 g/mol. The molecule has 0 saturated carbocycles. The molecule has 2 aliphatic rings. The van der Waals surface area contributed by atoms with Crippen molar-refractivity contribution in [1.82, 2.24) is 15.2 Å². The van der Waals surface area contributed by atoms with Gasteiger partial charge in [-0.25, -0.2) is 4.98 Å². The summed E-state index contributed by atoms with van der Waals surface area (Å²) < 4.78 is 5.81. The van der Waals surface area contributed by atoms with E-state index in [2.05, 4.69) is 58.0 Å². The fourth-order valence-electron chi connectivity index (χ4n) is 3.81. The van der Waals surface area contributed by atoms with Crippen LogP contribution >= 0.6 is 0 Å². The van der Waals surface area contributed by atoms with Crippen LogP contribution in [0.5, 0.6) is 0 Å². The normalized spacial score (nSPS) is 25.5. The number of pyridine rings is 1. The van der Waals surface area contributed by atoms with E-state index < -0.39 is 0 Å². The molecule has 0 bridgehead atoms. The van der Waals surface area contributed by atoms with Crippen molar-refractivity contribution in [2.24, 2.45) is 10.9 Å². The molecule has 6 heteroatoms. The molecule has 0 aromatic carbocycles. The molecule has 2 saturated heterocycles. The molecule has 3 heterocycles. The number of hydrogen-bond acceptors (Lipinski definition) is 4. The molecule has 0 amide bonds. The van der Waals surface area contributed by atoms with E-state index >= 15 is 0 Å². The van der Waals surface area contributed by atoms with Gasteiger partial charge in [0.2, 0.25) is 0 Å². The number of aromatic nitrogens is 1. The number of aliphatic imine (C=N–C) groups is 1. The molecular formula is C20H33N5O. The first-order valence-electron chi connectivity index (χ1n) is 9.86. The highest BCUT2D eigenvalue weighted by Crippen LogP contribution is 2.19. The first kappa shape index (κ1) is 19.0. The maximum Gasteiger partial charge on any atom is 0.193 e. The summed E-state index contributed by atoms with van der Waals surface area (Å²) in [5, 5.41) is 3.49. The number of hydrogen-bond donors (Lipinski definition) is 1. The van der Waals surface area contributed by atoms with Gasteiger partial charge in [0.15, 0.2) is 5.96 Å². The van der Waals surface area contributed by atoms with Crippen LogP contribution in [0.15, 0.2) is 23.3 Å². The van der Waals surface area contributed by atoms with Gasteiger partial charge in [-0.05, 0) is 44.2 Å². The SMILES string of the molecule is CN=C(NCc1ccc(N2CC(C)OC(C)C2)nc1)N1CCC(C)CC1. The zero-order valence-electron chi connectivity index (χ0n) is 16.6. The van der Waals surface area contributed by atoms with Crippen LogP contribution in [0, 0.1) is 5.92 Å². The lowest BCUT2D eigenvalue weighted by atomic mass is 10.00. The molecule has 2 unspecified atom stereocenters. The summed E-state index contributed by atoms with van der Waals surface area (Å²) in [6, 6.07) is 4.28. The van der Waals surface area contributed by atoms with Crippen molar-refractivity contribution >= 4 is 11.8 Å². The van der Waals surface area contributed by atoms with Crippen LogP contribution in [0.1, 0.15) is 39.2 Å². The van der Waals surface area contributed by atoms with Crippen LogP contribution in [-0.4, -0.2) is 61.3 Å². The summed E-state index contributed by atoms with van der Waals surface area (Å²) in [6.45, 7) is 11.3. The van der Waals surface area contributed by atoms with Gasteiger partial charge < -0.3 is 19.9 Å². The molecule has 26 heavy (non-hydrogen) atoms. The van der Waals surface area contributed by atoms with Crippen LogP contribution < -0.4 is 10.2 Å². The minimum atomic E-state index is 0.248. The number of guanidine groups is 1. The van der Waals surface area contributed by atoms with Crippen LogP contribution in [0.25, 0.3) is 0 Å². The summed E-state index contributed by atoms with van der Waals surface area (Å²) in [6.07, 6.45) is 4.95. The lowest BCUT2D eigenvalue weighted by molar-refractivity contribution is -0.00545. The highest BCUT2D eigenvalue weighted by atomic mass is 16.5. The topological polar surface area (TPSA) is 53.0 Å². The summed E-state index contributed by atoms with van der Waals surface area (Å²) in [5.41, 5.74) is 1.18. The largest absolute Gasteiger partial charge is 0.372 e. The lowest BCUT2D eigenvalue weighted by Gasteiger charge is -2.36. The third kappa shape index (κ3) is 4.87. The van der Waals surface area contributed by atoms with Gasteiger partial charge in [-0.3, -0.25) is 4.99 Å². The third-order valence-corrected chi connectivity index (χ3v) is 5.30. The number of nitrogens with zero attached hydrogens (tertiary/aromatic N) is 4. The number of anilines is 1. The molecule has 6 nitrogen and oxygen atoms in total. The first-order chi connectivity index (χ1) is 12.5. The molecule has 2 fully saturated rings. The molecule has 3 rings (SSSR count). The Balaban J connectivity index is 1.54. The van der Waals surface area contributed by atoms with Gasteiger partial charge in [0, 0.05) is 46.0 Å². The smallest absolute Gasteiger partial charge is 0.193 e. The van der Waals surface area contributed by atoms with Crippen molar-refractivity contribution < 1.29 is 4.74 Å². The number of nitrogens with one attached hydrogen (secondary N) is 1. The molecule has 2 aliphatic heterocycles. The van der Waals surface area contributed by atoms with Crippen molar-refractivity contribution in [2.45, 2.75) is 52.4 Å². The van der Waals surface area contributed by atoms with Crippen molar-refractivity contribution in [3.8, 4) is 0 Å². The van der Waals surface area contributed by atoms with E-state index in [-0.39, 0.29) is 12.2 Å². The number of piperidine rings is 1. The fraction of sp³-hybridized carbons (Fsp3) is 0.700. The maximum absolute atomic E-state index is 5.81. The highest BCUT2D eigenvalue weighted by Gasteiger charge is 2.23. The third-order valence-electron chi connectivity index (χ3n) is 5.30. The predicted molar refractivity (Wildman–Crippen MR) is 107 cm³/mol. The molecule has 1 N–H and O–H groups in total. The van der Waals surface area contributed by atoms with Gasteiger partial charge in [0.1, 0.15) is 5.82 Å². The van der Waals surface area contributed by atoms with Gasteiger partial charge in [0.25, 0.3) is 0 Å². The van der Waals surface area contributed by atoms with Crippen molar-refractivity contribution in [3.05, 3.63) is 23.9 Å². The van der Waals surface area contributed by atoms with Gasteiger partial charge in [-0.1, -0.05) is 13.0 Å². The zero-order valence-corrected chi connectivity index (χ0v) is 16.6. The van der Waals surface area contributed by atoms with Crippen LogP contribution in [-0.2, 0) is 11.3 Å². The highest BCUT2D eigenvalue weighted by molar-refractivity contribution is 5.79. The molecule has 0 spiro atoms. The number of ether oxygens (including phenoxy) is 1. The van der Waals surface area contributed by atoms with Crippen LogP contribution in [0.4, 0.5) is 5.82 Å². The monoisotopic (exact) mass is 359 g/mol. The van der Waals surface area contributed by atoms with E-state index in [1.54, 1.807) is 0 Å². The average Bonchev–Trinajstić information content (AvgIpc) is 2.63. The van der Waals surface area contributed by atoms with Gasteiger partial charge in [0.05, 0.1) is 12.2 Å². The standard InChI is InChI=1S/C20H33N5O/c1-15-7-9-24(10-8-15)20(21-4)23-12-18-5-6-19(22-11-18)25-13-16(2)26-17(3)14-25/h5-6,11,15-17H,7-10,12-14H2,1-4H3,(H,21,23). The van der Waals surface area contributed by atoms with Crippen molar-refractivity contribution in [3.63, 3.8) is 0 Å². The van der Waals surface area contributed by atoms with E-state index in [0.29, 0.717) is 0 Å². The second kappa shape index (κ2) is 8.71. The molecule has 0 aliphatic carbocycles. The molecule has 2 atom stereocenters. The molecular weight excluding hydrogens is 326 g/mol. The van der Waals surface area contributed by atoms with E-state index in [1.807, 2.05) is 13.2 Å². The first-order valence-corrected chi connectivity index (χ1v) is 9.86. The zero-order chi connectivity index (χ0) is 18.5. The minimum Gasteiger partial charge on any atom is -0.372 e. The summed E-state index contributed by atoms with van der Waals surface area (Å²) in [4.78, 5) is 13.8. The van der Waals surface area contributed by atoms with Gasteiger partial charge in [-0.2, -0.15) is 0 Å². The Morgan fingerprint density at radius 1 is 1.19 bits per heavy atom. The number of morpholine rings is 1. The summed E-state index contributed by atoms with van der Waals surface area (Å²) >= 11 is 0. The second-order valence-corrected chi connectivity index (χ2v) is 7.76. The summed E-state index contributed by atoms with van der Waals surface area (Å²) in [5.74, 6) is 2.86. The Morgan fingerprint density at radius 2 is 1.88 bits per heavy atom. The van der Waals surface area contributed by atoms with Gasteiger partial charge >= 0.3 is 0 Å². The Kier molecular flexibility index (Phi) is 6.35. The van der Waals surface area contributed by atoms with Crippen LogP contribution in [0.3, 0.4) is 0 Å². The number of rotatable bonds is 3. The molecule has 144 valence electrons. The van der Waals surface area contributed by atoms with E-state index in [4.69, 9.17) is 4.74 Å².